The zero-order valence-corrected chi connectivity index (χ0v) is 15.4. The number of carbonyl (C=O) groups is 2. The van der Waals surface area contributed by atoms with E-state index < -0.39 is 0 Å². The summed E-state index contributed by atoms with van der Waals surface area (Å²) < 4.78 is 0. The summed E-state index contributed by atoms with van der Waals surface area (Å²) in [5.74, 6) is 0.163. The smallest absolute Gasteiger partial charge is 0.246 e. The van der Waals surface area contributed by atoms with Crippen molar-refractivity contribution >= 4 is 34.9 Å². The summed E-state index contributed by atoms with van der Waals surface area (Å²) in [6.07, 6.45) is 4.96. The Bertz CT molecular complexity index is 792. The minimum atomic E-state index is -0.0217. The van der Waals surface area contributed by atoms with E-state index in [9.17, 15) is 9.59 Å². The number of benzene rings is 1. The molecule has 2 heterocycles. The van der Waals surface area contributed by atoms with Gasteiger partial charge < -0.3 is 9.80 Å². The lowest BCUT2D eigenvalue weighted by molar-refractivity contribution is -0.125. The van der Waals surface area contributed by atoms with Crippen LogP contribution >= 0.6 is 11.3 Å². The normalized spacial score (nSPS) is 14.5. The van der Waals surface area contributed by atoms with E-state index in [1.54, 1.807) is 22.3 Å². The molecule has 0 spiro atoms. The SMILES string of the molecule is Cc1ccsc1CN(C)C(=O)/C=C/c1ccc(N2CCCC2=O)cc1. The Hall–Kier alpha value is -2.40. The molecule has 0 radical (unpaired) electrons. The third kappa shape index (κ3) is 4.17. The second kappa shape index (κ2) is 7.66. The zero-order valence-electron chi connectivity index (χ0n) is 14.6. The van der Waals surface area contributed by atoms with Gasteiger partial charge in [0.2, 0.25) is 11.8 Å². The van der Waals surface area contributed by atoms with Crippen LogP contribution in [0.15, 0.2) is 41.8 Å². The number of amides is 2. The first-order valence-corrected chi connectivity index (χ1v) is 9.29. The van der Waals surface area contributed by atoms with Crippen molar-refractivity contribution in [3.8, 4) is 0 Å². The Morgan fingerprint density at radius 1 is 1.28 bits per heavy atom. The van der Waals surface area contributed by atoms with Gasteiger partial charge in [0.1, 0.15) is 0 Å². The molecule has 4 nitrogen and oxygen atoms in total. The van der Waals surface area contributed by atoms with Crippen LogP contribution in [0.1, 0.15) is 28.8 Å². The fourth-order valence-corrected chi connectivity index (χ4v) is 3.80. The van der Waals surface area contributed by atoms with Crippen LogP contribution in [0.4, 0.5) is 5.69 Å². The van der Waals surface area contributed by atoms with Crippen LogP contribution in [0.2, 0.25) is 0 Å². The molecule has 1 fully saturated rings. The molecule has 0 bridgehead atoms. The molecule has 25 heavy (non-hydrogen) atoms. The number of aryl methyl sites for hydroxylation is 1. The maximum absolute atomic E-state index is 12.3. The summed E-state index contributed by atoms with van der Waals surface area (Å²) in [6.45, 7) is 3.48. The summed E-state index contributed by atoms with van der Waals surface area (Å²) in [7, 11) is 1.81. The topological polar surface area (TPSA) is 40.6 Å². The van der Waals surface area contributed by atoms with Crippen LogP contribution < -0.4 is 4.90 Å². The van der Waals surface area contributed by atoms with Gasteiger partial charge in [0, 0.05) is 36.7 Å². The van der Waals surface area contributed by atoms with Gasteiger partial charge in [-0.3, -0.25) is 9.59 Å². The molecule has 0 saturated carbocycles. The molecule has 0 unspecified atom stereocenters. The van der Waals surface area contributed by atoms with Crippen molar-refractivity contribution in [2.75, 3.05) is 18.5 Å². The molecule has 0 N–H and O–H groups in total. The average Bonchev–Trinajstić information content (AvgIpc) is 3.21. The van der Waals surface area contributed by atoms with Crippen LogP contribution in [0, 0.1) is 6.92 Å². The Labute approximate surface area is 152 Å². The van der Waals surface area contributed by atoms with Gasteiger partial charge in [-0.1, -0.05) is 12.1 Å². The van der Waals surface area contributed by atoms with Crippen LogP contribution in [0.3, 0.4) is 0 Å². The second-order valence-corrected chi connectivity index (χ2v) is 7.30. The fourth-order valence-electron chi connectivity index (χ4n) is 2.84. The molecule has 5 heteroatoms. The first-order valence-electron chi connectivity index (χ1n) is 8.41. The molecule has 2 aromatic rings. The minimum Gasteiger partial charge on any atom is -0.337 e. The number of hydrogen-bond acceptors (Lipinski definition) is 3. The summed E-state index contributed by atoms with van der Waals surface area (Å²) in [4.78, 5) is 28.8. The van der Waals surface area contributed by atoms with Crippen molar-refractivity contribution in [3.05, 3.63) is 57.8 Å². The molecule has 130 valence electrons. The van der Waals surface area contributed by atoms with E-state index in [0.29, 0.717) is 13.0 Å². The van der Waals surface area contributed by atoms with Crippen LogP contribution in [0.5, 0.6) is 0 Å². The van der Waals surface area contributed by atoms with E-state index in [-0.39, 0.29) is 11.8 Å². The maximum Gasteiger partial charge on any atom is 0.246 e. The van der Waals surface area contributed by atoms with Crippen molar-refractivity contribution in [1.82, 2.24) is 4.90 Å². The number of anilines is 1. The largest absolute Gasteiger partial charge is 0.337 e. The van der Waals surface area contributed by atoms with Gasteiger partial charge in [-0.05, 0) is 54.1 Å². The molecule has 1 saturated heterocycles. The third-order valence-electron chi connectivity index (χ3n) is 4.42. The quantitative estimate of drug-likeness (QED) is 0.765. The number of likely N-dealkylation sites (N-methyl/N-ethyl adjacent to an activating group) is 1. The van der Waals surface area contributed by atoms with Crippen LogP contribution in [-0.2, 0) is 16.1 Å². The van der Waals surface area contributed by atoms with Crippen LogP contribution in [-0.4, -0.2) is 30.3 Å². The van der Waals surface area contributed by atoms with Crippen molar-refractivity contribution in [2.45, 2.75) is 26.3 Å². The van der Waals surface area contributed by atoms with Crippen molar-refractivity contribution in [3.63, 3.8) is 0 Å². The second-order valence-electron chi connectivity index (χ2n) is 6.29. The van der Waals surface area contributed by atoms with Crippen molar-refractivity contribution in [2.24, 2.45) is 0 Å². The lowest BCUT2D eigenvalue weighted by Gasteiger charge is -2.16. The van der Waals surface area contributed by atoms with Gasteiger partial charge in [0.25, 0.3) is 0 Å². The van der Waals surface area contributed by atoms with E-state index in [1.807, 2.05) is 47.7 Å². The van der Waals surface area contributed by atoms with Gasteiger partial charge in [-0.15, -0.1) is 11.3 Å². The summed E-state index contributed by atoms with van der Waals surface area (Å²) in [6, 6.07) is 9.82. The van der Waals surface area contributed by atoms with Gasteiger partial charge in [0.05, 0.1) is 6.54 Å². The molecule has 1 aliphatic heterocycles. The highest BCUT2D eigenvalue weighted by molar-refractivity contribution is 7.10. The first kappa shape index (κ1) is 17.4. The lowest BCUT2D eigenvalue weighted by Crippen LogP contribution is -2.24. The molecule has 0 atom stereocenters. The number of hydrogen-bond donors (Lipinski definition) is 0. The van der Waals surface area contributed by atoms with Crippen molar-refractivity contribution < 1.29 is 9.59 Å². The number of nitrogens with zero attached hydrogens (tertiary/aromatic N) is 2. The first-order chi connectivity index (χ1) is 12.0. The monoisotopic (exact) mass is 354 g/mol. The molecule has 1 aromatic heterocycles. The number of carbonyl (C=O) groups excluding carboxylic acids is 2. The highest BCUT2D eigenvalue weighted by Gasteiger charge is 2.21. The third-order valence-corrected chi connectivity index (χ3v) is 5.43. The highest BCUT2D eigenvalue weighted by atomic mass is 32.1. The number of rotatable bonds is 5. The summed E-state index contributed by atoms with van der Waals surface area (Å²) >= 11 is 1.67. The molecule has 3 rings (SSSR count). The van der Waals surface area contributed by atoms with E-state index in [1.165, 1.54) is 10.4 Å². The van der Waals surface area contributed by atoms with Gasteiger partial charge in [-0.2, -0.15) is 0 Å². The highest BCUT2D eigenvalue weighted by Crippen LogP contribution is 2.22. The number of thiophene rings is 1. The molecular formula is C20H22N2O2S. The Morgan fingerprint density at radius 3 is 2.64 bits per heavy atom. The van der Waals surface area contributed by atoms with E-state index >= 15 is 0 Å². The summed E-state index contributed by atoms with van der Waals surface area (Å²) in [5.41, 5.74) is 3.10. The van der Waals surface area contributed by atoms with Crippen LogP contribution in [0.25, 0.3) is 6.08 Å². The van der Waals surface area contributed by atoms with E-state index in [4.69, 9.17) is 0 Å². The molecule has 1 aliphatic rings. The predicted molar refractivity (Wildman–Crippen MR) is 103 cm³/mol. The standard InChI is InChI=1S/C20H22N2O2S/c1-15-11-13-25-18(15)14-21(2)19(23)10-7-16-5-8-17(9-6-16)22-12-3-4-20(22)24/h5-11,13H,3-4,12,14H2,1-2H3/b10-7+. The van der Waals surface area contributed by atoms with E-state index in [0.717, 1.165) is 24.2 Å². The van der Waals surface area contributed by atoms with Crippen molar-refractivity contribution in [1.29, 1.82) is 0 Å². The maximum atomic E-state index is 12.3. The summed E-state index contributed by atoms with van der Waals surface area (Å²) in [5, 5.41) is 2.05. The Kier molecular flexibility index (Phi) is 5.34. The molecule has 1 aromatic carbocycles. The Balaban J connectivity index is 1.60. The average molecular weight is 354 g/mol. The minimum absolute atomic E-state index is 0.0217. The van der Waals surface area contributed by atoms with Gasteiger partial charge in [-0.25, -0.2) is 0 Å². The molecular weight excluding hydrogens is 332 g/mol. The fraction of sp³-hybridized carbons (Fsp3) is 0.300. The van der Waals surface area contributed by atoms with Gasteiger partial charge in [0.15, 0.2) is 0 Å². The predicted octanol–water partition coefficient (Wildman–Crippen LogP) is 3.86. The zero-order chi connectivity index (χ0) is 17.8. The Morgan fingerprint density at radius 2 is 2.04 bits per heavy atom. The van der Waals surface area contributed by atoms with E-state index in [2.05, 4.69) is 13.0 Å². The van der Waals surface area contributed by atoms with Gasteiger partial charge >= 0.3 is 0 Å². The molecule has 0 aliphatic carbocycles. The molecule has 2 amide bonds. The lowest BCUT2D eigenvalue weighted by atomic mass is 10.2.